The maximum Gasteiger partial charge on any atom is 0.270 e. The van der Waals surface area contributed by atoms with Gasteiger partial charge in [-0.1, -0.05) is 6.07 Å². The summed E-state index contributed by atoms with van der Waals surface area (Å²) in [4.78, 5) is 30.7. The smallest absolute Gasteiger partial charge is 0.270 e. The van der Waals surface area contributed by atoms with Crippen LogP contribution in [0.4, 0.5) is 19.6 Å². The van der Waals surface area contributed by atoms with E-state index in [4.69, 9.17) is 0 Å². The molecule has 0 fully saturated rings. The standard InChI is InChI=1S/C19H12F2N4O3S/c20-11-2-1-10(16(21)6-11)5-13-8-23-19(29-13)24-18(26)15-9-22-17-4-3-12(25(27)28)7-14(15)17/h1-4,6-9,22H,5H2,(H,23,24,26). The lowest BCUT2D eigenvalue weighted by Crippen LogP contribution is -2.11. The quantitative estimate of drug-likeness (QED) is 0.366. The van der Waals surface area contributed by atoms with Crippen LogP contribution in [0.3, 0.4) is 0 Å². The predicted octanol–water partition coefficient (Wildman–Crippen LogP) is 4.65. The number of hydrogen-bond acceptors (Lipinski definition) is 5. The molecule has 0 atom stereocenters. The zero-order chi connectivity index (χ0) is 20.5. The monoisotopic (exact) mass is 414 g/mol. The average Bonchev–Trinajstić information content (AvgIpc) is 3.30. The summed E-state index contributed by atoms with van der Waals surface area (Å²) < 4.78 is 26.8. The molecule has 146 valence electrons. The summed E-state index contributed by atoms with van der Waals surface area (Å²) in [6.45, 7) is 0. The molecule has 2 aromatic carbocycles. The van der Waals surface area contributed by atoms with Gasteiger partial charge in [0.1, 0.15) is 11.6 Å². The van der Waals surface area contributed by atoms with Gasteiger partial charge in [0.2, 0.25) is 0 Å². The number of non-ortho nitro benzene ring substituents is 1. The minimum absolute atomic E-state index is 0.121. The fourth-order valence-electron chi connectivity index (χ4n) is 2.87. The van der Waals surface area contributed by atoms with E-state index in [0.29, 0.717) is 26.5 Å². The van der Waals surface area contributed by atoms with E-state index < -0.39 is 22.5 Å². The van der Waals surface area contributed by atoms with E-state index in [1.807, 2.05) is 0 Å². The van der Waals surface area contributed by atoms with Crippen molar-refractivity contribution in [2.24, 2.45) is 0 Å². The van der Waals surface area contributed by atoms with Gasteiger partial charge in [-0.3, -0.25) is 20.2 Å². The molecule has 4 rings (SSSR count). The molecule has 1 amide bonds. The summed E-state index contributed by atoms with van der Waals surface area (Å²) in [6, 6.07) is 7.56. The van der Waals surface area contributed by atoms with Crippen LogP contribution in [0.5, 0.6) is 0 Å². The zero-order valence-electron chi connectivity index (χ0n) is 14.6. The molecule has 2 N–H and O–H groups in total. The molecular weight excluding hydrogens is 402 g/mol. The van der Waals surface area contributed by atoms with Gasteiger partial charge >= 0.3 is 0 Å². The number of H-pyrrole nitrogens is 1. The van der Waals surface area contributed by atoms with Gasteiger partial charge in [-0.2, -0.15) is 0 Å². The number of carbonyl (C=O) groups excluding carboxylic acids is 1. The van der Waals surface area contributed by atoms with Crippen LogP contribution in [0.25, 0.3) is 10.9 Å². The molecule has 0 unspecified atom stereocenters. The van der Waals surface area contributed by atoms with Crippen LogP contribution in [-0.2, 0) is 6.42 Å². The first-order valence-electron chi connectivity index (χ1n) is 8.36. The van der Waals surface area contributed by atoms with Crippen molar-refractivity contribution in [1.82, 2.24) is 9.97 Å². The van der Waals surface area contributed by atoms with Gasteiger partial charge in [0, 0.05) is 52.8 Å². The van der Waals surface area contributed by atoms with E-state index in [1.165, 1.54) is 42.7 Å². The van der Waals surface area contributed by atoms with Crippen LogP contribution in [0, 0.1) is 21.7 Å². The molecule has 0 bridgehead atoms. The average molecular weight is 414 g/mol. The number of anilines is 1. The van der Waals surface area contributed by atoms with Gasteiger partial charge in [0.25, 0.3) is 11.6 Å². The summed E-state index contributed by atoms with van der Waals surface area (Å²) in [6.07, 6.45) is 3.17. The van der Waals surface area contributed by atoms with Gasteiger partial charge in [-0.25, -0.2) is 13.8 Å². The lowest BCUT2D eigenvalue weighted by Gasteiger charge is -2.01. The van der Waals surface area contributed by atoms with E-state index in [0.717, 1.165) is 17.4 Å². The first-order valence-corrected chi connectivity index (χ1v) is 9.18. The Morgan fingerprint density at radius 2 is 2.07 bits per heavy atom. The number of aromatic nitrogens is 2. The number of rotatable bonds is 5. The second-order valence-corrected chi connectivity index (χ2v) is 7.30. The molecule has 0 saturated heterocycles. The van der Waals surface area contributed by atoms with Crippen LogP contribution in [0.15, 0.2) is 48.8 Å². The molecule has 2 aromatic heterocycles. The Bertz CT molecular complexity index is 1250. The van der Waals surface area contributed by atoms with E-state index in [1.54, 1.807) is 0 Å². The first kappa shape index (κ1) is 18.7. The number of hydrogen-bond donors (Lipinski definition) is 2. The van der Waals surface area contributed by atoms with Crippen molar-refractivity contribution in [3.05, 3.63) is 86.5 Å². The lowest BCUT2D eigenvalue weighted by atomic mass is 10.1. The van der Waals surface area contributed by atoms with Crippen molar-refractivity contribution in [3.63, 3.8) is 0 Å². The highest BCUT2D eigenvalue weighted by atomic mass is 32.1. The highest BCUT2D eigenvalue weighted by Crippen LogP contribution is 2.26. The predicted molar refractivity (Wildman–Crippen MR) is 104 cm³/mol. The molecule has 0 aliphatic rings. The highest BCUT2D eigenvalue weighted by Gasteiger charge is 2.17. The maximum absolute atomic E-state index is 13.8. The van der Waals surface area contributed by atoms with Crippen molar-refractivity contribution >= 4 is 39.0 Å². The van der Waals surface area contributed by atoms with Gasteiger partial charge in [0.05, 0.1) is 10.5 Å². The van der Waals surface area contributed by atoms with Crippen molar-refractivity contribution < 1.29 is 18.5 Å². The molecule has 2 heterocycles. The number of fused-ring (bicyclic) bond motifs is 1. The second kappa shape index (κ2) is 7.40. The Labute approximate surface area is 166 Å². The number of nitro groups is 1. The third-order valence-corrected chi connectivity index (χ3v) is 5.19. The second-order valence-electron chi connectivity index (χ2n) is 6.19. The lowest BCUT2D eigenvalue weighted by molar-refractivity contribution is -0.384. The van der Waals surface area contributed by atoms with Gasteiger partial charge in [-0.05, 0) is 17.7 Å². The highest BCUT2D eigenvalue weighted by molar-refractivity contribution is 7.15. The van der Waals surface area contributed by atoms with E-state index >= 15 is 0 Å². The van der Waals surface area contributed by atoms with Crippen molar-refractivity contribution in [2.45, 2.75) is 6.42 Å². The number of carbonyl (C=O) groups is 1. The summed E-state index contributed by atoms with van der Waals surface area (Å²) in [5, 5.41) is 14.3. The number of halogens is 2. The fraction of sp³-hybridized carbons (Fsp3) is 0.0526. The first-order chi connectivity index (χ1) is 13.9. The van der Waals surface area contributed by atoms with Crippen molar-refractivity contribution in [2.75, 3.05) is 5.32 Å². The van der Waals surface area contributed by atoms with Crippen LogP contribution in [0.1, 0.15) is 20.8 Å². The van der Waals surface area contributed by atoms with Crippen LogP contribution in [0.2, 0.25) is 0 Å². The Morgan fingerprint density at radius 1 is 1.24 bits per heavy atom. The maximum atomic E-state index is 13.8. The van der Waals surface area contributed by atoms with Gasteiger partial charge in [-0.15, -0.1) is 11.3 Å². The topological polar surface area (TPSA) is 101 Å². The van der Waals surface area contributed by atoms with Crippen LogP contribution in [-0.4, -0.2) is 20.8 Å². The number of benzene rings is 2. The van der Waals surface area contributed by atoms with Gasteiger partial charge < -0.3 is 4.98 Å². The molecule has 10 heteroatoms. The van der Waals surface area contributed by atoms with E-state index in [9.17, 15) is 23.7 Å². The Kier molecular flexibility index (Phi) is 4.77. The summed E-state index contributed by atoms with van der Waals surface area (Å²) >= 11 is 1.16. The minimum atomic E-state index is -0.650. The Hall–Kier alpha value is -3.66. The third kappa shape index (κ3) is 3.83. The molecule has 0 spiro atoms. The van der Waals surface area contributed by atoms with Gasteiger partial charge in [0.15, 0.2) is 5.13 Å². The third-order valence-electron chi connectivity index (χ3n) is 4.27. The number of nitrogens with one attached hydrogen (secondary N) is 2. The van der Waals surface area contributed by atoms with Crippen LogP contribution < -0.4 is 5.32 Å². The number of thiazole rings is 1. The number of nitro benzene ring substituents is 1. The molecule has 29 heavy (non-hydrogen) atoms. The number of nitrogens with zero attached hydrogens (tertiary/aromatic N) is 2. The summed E-state index contributed by atoms with van der Waals surface area (Å²) in [7, 11) is 0. The number of aromatic amines is 1. The van der Waals surface area contributed by atoms with Crippen LogP contribution >= 0.6 is 11.3 Å². The molecule has 0 saturated carbocycles. The number of amides is 1. The van der Waals surface area contributed by atoms with Crippen molar-refractivity contribution in [3.8, 4) is 0 Å². The molecule has 0 aliphatic heterocycles. The van der Waals surface area contributed by atoms with Crippen molar-refractivity contribution in [1.29, 1.82) is 0 Å². The fourth-order valence-corrected chi connectivity index (χ4v) is 3.70. The minimum Gasteiger partial charge on any atom is -0.360 e. The normalized spacial score (nSPS) is 11.0. The van der Waals surface area contributed by atoms with E-state index in [-0.39, 0.29) is 17.7 Å². The SMILES string of the molecule is O=C(Nc1ncc(Cc2ccc(F)cc2F)s1)c1c[nH]c2ccc([N+](=O)[O-])cc12. The molecule has 0 radical (unpaired) electrons. The summed E-state index contributed by atoms with van der Waals surface area (Å²) in [5.41, 5.74) is 1.03. The Morgan fingerprint density at radius 3 is 2.83 bits per heavy atom. The molecular formula is C19H12F2N4O3S. The largest absolute Gasteiger partial charge is 0.360 e. The van der Waals surface area contributed by atoms with E-state index in [2.05, 4.69) is 15.3 Å². The zero-order valence-corrected chi connectivity index (χ0v) is 15.4. The summed E-state index contributed by atoms with van der Waals surface area (Å²) in [5.74, 6) is -1.78. The molecule has 0 aliphatic carbocycles. The Balaban J connectivity index is 1.53. The molecule has 4 aromatic rings. The molecule has 7 nitrogen and oxygen atoms in total.